The number of furan rings is 1. The lowest BCUT2D eigenvalue weighted by Crippen LogP contribution is -2.02. The van der Waals surface area contributed by atoms with Gasteiger partial charge in [-0.05, 0) is 35.0 Å². The maximum atomic E-state index is 11.7. The number of fused-ring (bicyclic) bond motifs is 1. The van der Waals surface area contributed by atoms with Gasteiger partial charge in [0.05, 0.1) is 11.6 Å². The predicted molar refractivity (Wildman–Crippen MR) is 71.1 cm³/mol. The summed E-state index contributed by atoms with van der Waals surface area (Å²) in [5.74, 6) is 0.482. The molecule has 0 bridgehead atoms. The molecule has 1 aromatic heterocycles. The van der Waals surface area contributed by atoms with Gasteiger partial charge in [-0.15, -0.1) is 0 Å². The number of aryl methyl sites for hydroxylation is 1. The minimum absolute atomic E-state index is 0.0749. The summed E-state index contributed by atoms with van der Waals surface area (Å²) in [5.41, 5.74) is 0.917. The lowest BCUT2D eigenvalue weighted by Gasteiger charge is -2.04. The molecular formula is C13H10BrNO4. The zero-order valence-electron chi connectivity index (χ0n) is 10.3. The van der Waals surface area contributed by atoms with Crippen molar-refractivity contribution in [2.45, 2.75) is 6.92 Å². The summed E-state index contributed by atoms with van der Waals surface area (Å²) < 4.78 is 16.2. The van der Waals surface area contributed by atoms with Gasteiger partial charge in [0.25, 0.3) is 0 Å². The van der Waals surface area contributed by atoms with Crippen LogP contribution in [0.3, 0.4) is 0 Å². The summed E-state index contributed by atoms with van der Waals surface area (Å²) in [6.07, 6.45) is 0. The molecule has 0 aliphatic heterocycles. The third-order valence-corrected chi connectivity index (χ3v) is 3.22. The van der Waals surface area contributed by atoms with Crippen LogP contribution in [0.2, 0.25) is 0 Å². The SMILES string of the molecule is COC(=O)c1c(C)oc2cc(Br)c(OCC#N)cc12. The number of carbonyl (C=O) groups is 1. The second-order valence-electron chi connectivity index (χ2n) is 3.75. The Labute approximate surface area is 117 Å². The Hall–Kier alpha value is -2.00. The summed E-state index contributed by atoms with van der Waals surface area (Å²) in [7, 11) is 1.31. The highest BCUT2D eigenvalue weighted by Gasteiger charge is 2.20. The molecule has 98 valence electrons. The standard InChI is InChI=1S/C13H10BrNO4/c1-7-12(13(16)17-2)8-5-11(18-4-3-15)9(14)6-10(8)19-7/h5-6H,4H2,1-2H3. The van der Waals surface area contributed by atoms with Gasteiger partial charge in [0.15, 0.2) is 6.61 Å². The maximum Gasteiger partial charge on any atom is 0.342 e. The normalized spacial score (nSPS) is 10.2. The predicted octanol–water partition coefficient (Wildman–Crippen LogP) is 3.19. The number of halogens is 1. The van der Waals surface area contributed by atoms with E-state index in [1.807, 2.05) is 6.07 Å². The van der Waals surface area contributed by atoms with Crippen LogP contribution in [0.1, 0.15) is 16.1 Å². The smallest absolute Gasteiger partial charge is 0.342 e. The highest BCUT2D eigenvalue weighted by atomic mass is 79.9. The van der Waals surface area contributed by atoms with Crippen molar-refractivity contribution in [2.24, 2.45) is 0 Å². The van der Waals surface area contributed by atoms with Crippen molar-refractivity contribution in [3.05, 3.63) is 27.9 Å². The average molecular weight is 324 g/mol. The van der Waals surface area contributed by atoms with Gasteiger partial charge in [0.2, 0.25) is 0 Å². The van der Waals surface area contributed by atoms with Crippen LogP contribution in [-0.4, -0.2) is 19.7 Å². The largest absolute Gasteiger partial charge is 0.478 e. The summed E-state index contributed by atoms with van der Waals surface area (Å²) in [6.45, 7) is 1.62. The van der Waals surface area contributed by atoms with E-state index in [-0.39, 0.29) is 6.61 Å². The molecule has 6 heteroatoms. The number of carbonyl (C=O) groups excluding carboxylic acids is 1. The topological polar surface area (TPSA) is 72.5 Å². The van der Waals surface area contributed by atoms with Crippen LogP contribution in [0.5, 0.6) is 5.75 Å². The number of hydrogen-bond acceptors (Lipinski definition) is 5. The van der Waals surface area contributed by atoms with Crippen LogP contribution in [0.4, 0.5) is 0 Å². The number of rotatable bonds is 3. The monoisotopic (exact) mass is 323 g/mol. The van der Waals surface area contributed by atoms with Gasteiger partial charge in [-0.3, -0.25) is 0 Å². The summed E-state index contributed by atoms with van der Waals surface area (Å²) in [5, 5.41) is 9.13. The van der Waals surface area contributed by atoms with E-state index in [4.69, 9.17) is 19.2 Å². The summed E-state index contributed by atoms with van der Waals surface area (Å²) in [6, 6.07) is 5.24. The van der Waals surface area contributed by atoms with Crippen molar-refractivity contribution in [3.8, 4) is 11.8 Å². The Morgan fingerprint density at radius 1 is 1.53 bits per heavy atom. The lowest BCUT2D eigenvalue weighted by molar-refractivity contribution is 0.0601. The molecule has 2 aromatic rings. The fourth-order valence-electron chi connectivity index (χ4n) is 1.80. The Morgan fingerprint density at radius 3 is 2.89 bits per heavy atom. The number of hydrogen-bond donors (Lipinski definition) is 0. The first-order valence-corrected chi connectivity index (χ1v) is 6.18. The van der Waals surface area contributed by atoms with Crippen molar-refractivity contribution in [1.29, 1.82) is 5.26 Å². The van der Waals surface area contributed by atoms with Crippen LogP contribution in [0.25, 0.3) is 11.0 Å². The fraction of sp³-hybridized carbons (Fsp3) is 0.231. The highest BCUT2D eigenvalue weighted by Crippen LogP contribution is 2.35. The van der Waals surface area contributed by atoms with E-state index >= 15 is 0 Å². The van der Waals surface area contributed by atoms with Crippen LogP contribution in [0, 0.1) is 18.3 Å². The molecule has 0 radical (unpaired) electrons. The van der Waals surface area contributed by atoms with Crippen molar-refractivity contribution < 1.29 is 18.7 Å². The number of nitrogens with zero attached hydrogens (tertiary/aromatic N) is 1. The molecule has 0 N–H and O–H groups in total. The molecule has 0 aliphatic rings. The second-order valence-corrected chi connectivity index (χ2v) is 4.60. The Bertz CT molecular complexity index is 684. The molecule has 0 amide bonds. The zero-order chi connectivity index (χ0) is 14.0. The lowest BCUT2D eigenvalue weighted by atomic mass is 10.1. The van der Waals surface area contributed by atoms with E-state index in [0.717, 1.165) is 0 Å². The van der Waals surface area contributed by atoms with Gasteiger partial charge in [-0.2, -0.15) is 5.26 Å². The van der Waals surface area contributed by atoms with Gasteiger partial charge in [0, 0.05) is 5.39 Å². The molecule has 0 spiro atoms. The van der Waals surface area contributed by atoms with Crippen LogP contribution >= 0.6 is 15.9 Å². The van der Waals surface area contributed by atoms with Crippen LogP contribution < -0.4 is 4.74 Å². The highest BCUT2D eigenvalue weighted by molar-refractivity contribution is 9.10. The second kappa shape index (κ2) is 5.33. The zero-order valence-corrected chi connectivity index (χ0v) is 11.9. The van der Waals surface area contributed by atoms with Gasteiger partial charge >= 0.3 is 5.97 Å². The minimum Gasteiger partial charge on any atom is -0.478 e. The van der Waals surface area contributed by atoms with E-state index in [1.54, 1.807) is 19.1 Å². The van der Waals surface area contributed by atoms with Gasteiger partial charge in [-0.25, -0.2) is 4.79 Å². The quantitative estimate of drug-likeness (QED) is 0.811. The molecule has 0 saturated heterocycles. The Kier molecular flexibility index (Phi) is 3.76. The number of esters is 1. The molecule has 1 aromatic carbocycles. The van der Waals surface area contributed by atoms with Crippen LogP contribution in [0.15, 0.2) is 21.0 Å². The molecule has 5 nitrogen and oxygen atoms in total. The molecule has 0 unspecified atom stereocenters. The van der Waals surface area contributed by atoms with Crippen molar-refractivity contribution in [2.75, 3.05) is 13.7 Å². The molecule has 0 fully saturated rings. The molecule has 0 atom stereocenters. The molecule has 0 aliphatic carbocycles. The molecular weight excluding hydrogens is 314 g/mol. The summed E-state index contributed by atoms with van der Waals surface area (Å²) in [4.78, 5) is 11.7. The maximum absolute atomic E-state index is 11.7. The molecule has 19 heavy (non-hydrogen) atoms. The number of benzene rings is 1. The van der Waals surface area contributed by atoms with E-state index < -0.39 is 5.97 Å². The van der Waals surface area contributed by atoms with Crippen LogP contribution in [-0.2, 0) is 4.74 Å². The fourth-order valence-corrected chi connectivity index (χ4v) is 2.23. The third-order valence-electron chi connectivity index (χ3n) is 2.60. The third kappa shape index (κ3) is 2.42. The van der Waals surface area contributed by atoms with Gasteiger partial charge in [-0.1, -0.05) is 0 Å². The first kappa shape index (κ1) is 13.4. The average Bonchev–Trinajstić information content (AvgIpc) is 2.70. The van der Waals surface area contributed by atoms with E-state index in [2.05, 4.69) is 15.9 Å². The Balaban J connectivity index is 2.61. The van der Waals surface area contributed by atoms with Gasteiger partial charge < -0.3 is 13.9 Å². The molecule has 2 rings (SSSR count). The van der Waals surface area contributed by atoms with Gasteiger partial charge in [0.1, 0.15) is 28.7 Å². The first-order valence-electron chi connectivity index (χ1n) is 5.39. The summed E-state index contributed by atoms with van der Waals surface area (Å²) >= 11 is 3.32. The number of nitriles is 1. The minimum atomic E-state index is -0.468. The van der Waals surface area contributed by atoms with Crippen molar-refractivity contribution in [1.82, 2.24) is 0 Å². The number of methoxy groups -OCH3 is 1. The molecule has 0 saturated carbocycles. The van der Waals surface area contributed by atoms with E-state index in [0.29, 0.717) is 32.5 Å². The van der Waals surface area contributed by atoms with E-state index in [9.17, 15) is 4.79 Å². The Morgan fingerprint density at radius 2 is 2.26 bits per heavy atom. The number of ether oxygens (including phenoxy) is 2. The van der Waals surface area contributed by atoms with E-state index in [1.165, 1.54) is 7.11 Å². The van der Waals surface area contributed by atoms with Crippen molar-refractivity contribution >= 4 is 32.9 Å². The first-order chi connectivity index (χ1) is 9.08. The van der Waals surface area contributed by atoms with Crippen molar-refractivity contribution in [3.63, 3.8) is 0 Å². The molecule has 1 heterocycles.